The first kappa shape index (κ1) is 20.2. The van der Waals surface area contributed by atoms with Crippen LogP contribution in [-0.2, 0) is 24.1 Å². The van der Waals surface area contributed by atoms with Gasteiger partial charge in [-0.15, -0.1) is 0 Å². The normalized spacial score (nSPS) is 16.5. The number of hydrogen-bond donors (Lipinski definition) is 0. The Morgan fingerprint density at radius 1 is 0.967 bits per heavy atom. The highest BCUT2D eigenvalue weighted by Gasteiger charge is 2.23. The average Bonchev–Trinajstić information content (AvgIpc) is 3.13. The topological polar surface area (TPSA) is 83.8 Å². The van der Waals surface area contributed by atoms with Crippen LogP contribution in [0.15, 0.2) is 42.5 Å². The molecule has 0 saturated carbocycles. The van der Waals surface area contributed by atoms with Gasteiger partial charge in [-0.1, -0.05) is 30.3 Å². The van der Waals surface area contributed by atoms with Crippen LogP contribution in [0.3, 0.4) is 0 Å². The molecule has 7 heteroatoms. The highest BCUT2D eigenvalue weighted by Crippen LogP contribution is 2.23. The number of nitro groups is 1. The van der Waals surface area contributed by atoms with Crippen LogP contribution in [0.4, 0.5) is 5.69 Å². The van der Waals surface area contributed by atoms with Crippen LogP contribution in [0.2, 0.25) is 0 Å². The molecule has 2 aromatic rings. The molecule has 0 atom stereocenters. The second kappa shape index (κ2) is 8.75. The third-order valence-corrected chi connectivity index (χ3v) is 6.04. The van der Waals surface area contributed by atoms with E-state index in [9.17, 15) is 19.7 Å². The monoisotopic (exact) mass is 407 g/mol. The van der Waals surface area contributed by atoms with Gasteiger partial charge in [0.1, 0.15) is 0 Å². The Labute approximate surface area is 175 Å². The van der Waals surface area contributed by atoms with Crippen molar-refractivity contribution in [3.05, 3.63) is 74.8 Å². The molecule has 0 spiro atoms. The number of Topliss-reactive ketones (excluding diaryl/α,β-unsaturated/α-hetero) is 1. The Morgan fingerprint density at radius 2 is 1.67 bits per heavy atom. The van der Waals surface area contributed by atoms with Crippen LogP contribution in [-0.4, -0.2) is 59.1 Å². The van der Waals surface area contributed by atoms with Gasteiger partial charge in [-0.2, -0.15) is 0 Å². The molecule has 1 heterocycles. The summed E-state index contributed by atoms with van der Waals surface area (Å²) >= 11 is 0. The summed E-state index contributed by atoms with van der Waals surface area (Å²) < 4.78 is 0. The number of aryl methyl sites for hydroxylation is 1. The first-order valence-corrected chi connectivity index (χ1v) is 10.4. The number of amides is 1. The molecule has 30 heavy (non-hydrogen) atoms. The van der Waals surface area contributed by atoms with E-state index in [1.165, 1.54) is 0 Å². The fraction of sp³-hybridized carbons (Fsp3) is 0.391. The maximum atomic E-state index is 12.7. The number of nitro benzene ring substituents is 1. The number of carbonyl (C=O) groups excluding carboxylic acids is 2. The molecule has 0 bridgehead atoms. The molecule has 0 radical (unpaired) electrons. The number of benzene rings is 2. The smallest absolute Gasteiger partial charge is 0.269 e. The maximum Gasteiger partial charge on any atom is 0.269 e. The van der Waals surface area contributed by atoms with Crippen LogP contribution in [0.25, 0.3) is 0 Å². The van der Waals surface area contributed by atoms with E-state index in [1.807, 2.05) is 35.2 Å². The predicted octanol–water partition coefficient (Wildman–Crippen LogP) is 2.65. The van der Waals surface area contributed by atoms with E-state index in [2.05, 4.69) is 4.90 Å². The lowest BCUT2D eigenvalue weighted by Crippen LogP contribution is -2.49. The molecular weight excluding hydrogens is 382 g/mol. The SMILES string of the molecule is O=C1CCc2cc(CC(=O)N3CCN(CCc4ccc([N+](=O)[O-])cc4)CC3)ccc21. The molecule has 0 N–H and O–H groups in total. The van der Waals surface area contributed by atoms with Crippen LogP contribution in [0, 0.1) is 10.1 Å². The van der Waals surface area contributed by atoms with Gasteiger partial charge in [-0.3, -0.25) is 24.6 Å². The zero-order valence-corrected chi connectivity index (χ0v) is 16.9. The summed E-state index contributed by atoms with van der Waals surface area (Å²) in [5, 5.41) is 10.7. The third-order valence-electron chi connectivity index (χ3n) is 6.04. The fourth-order valence-corrected chi connectivity index (χ4v) is 4.20. The Bertz CT molecular complexity index is 963. The van der Waals surface area contributed by atoms with Gasteiger partial charge in [-0.05, 0) is 29.5 Å². The van der Waals surface area contributed by atoms with Gasteiger partial charge in [0.25, 0.3) is 5.69 Å². The van der Waals surface area contributed by atoms with Crippen LogP contribution in [0.5, 0.6) is 0 Å². The van der Waals surface area contributed by atoms with Gasteiger partial charge in [-0.25, -0.2) is 0 Å². The quantitative estimate of drug-likeness (QED) is 0.543. The number of piperazine rings is 1. The molecule has 7 nitrogen and oxygen atoms in total. The predicted molar refractivity (Wildman–Crippen MR) is 113 cm³/mol. The van der Waals surface area contributed by atoms with Gasteiger partial charge in [0, 0.05) is 56.8 Å². The summed E-state index contributed by atoms with van der Waals surface area (Å²) in [7, 11) is 0. The van der Waals surface area contributed by atoms with E-state index < -0.39 is 0 Å². The lowest BCUT2D eigenvalue weighted by atomic mass is 10.0. The zero-order valence-electron chi connectivity index (χ0n) is 16.9. The van der Waals surface area contributed by atoms with Crippen molar-refractivity contribution in [3.8, 4) is 0 Å². The van der Waals surface area contributed by atoms with Gasteiger partial charge >= 0.3 is 0 Å². The first-order valence-electron chi connectivity index (χ1n) is 10.4. The van der Waals surface area contributed by atoms with Crippen molar-refractivity contribution in [3.63, 3.8) is 0 Å². The lowest BCUT2D eigenvalue weighted by Gasteiger charge is -2.34. The zero-order chi connectivity index (χ0) is 21.1. The molecule has 0 aromatic heterocycles. The van der Waals surface area contributed by atoms with Crippen molar-refractivity contribution in [1.29, 1.82) is 0 Å². The van der Waals surface area contributed by atoms with E-state index in [0.717, 1.165) is 54.7 Å². The number of hydrogen-bond acceptors (Lipinski definition) is 5. The molecule has 2 aromatic carbocycles. The van der Waals surface area contributed by atoms with Crippen LogP contribution >= 0.6 is 0 Å². The molecule has 4 rings (SSSR count). The molecule has 1 aliphatic heterocycles. The summed E-state index contributed by atoms with van der Waals surface area (Å²) in [5.41, 5.74) is 4.05. The second-order valence-corrected chi connectivity index (χ2v) is 7.99. The Hall–Kier alpha value is -3.06. The number of rotatable bonds is 6. The van der Waals surface area contributed by atoms with Crippen LogP contribution < -0.4 is 0 Å². The summed E-state index contributed by atoms with van der Waals surface area (Å²) in [6.07, 6.45) is 2.57. The van der Waals surface area contributed by atoms with Crippen molar-refractivity contribution in [2.75, 3.05) is 32.7 Å². The molecule has 1 aliphatic carbocycles. The Kier molecular flexibility index (Phi) is 5.90. The van der Waals surface area contributed by atoms with Crippen molar-refractivity contribution >= 4 is 17.4 Å². The highest BCUT2D eigenvalue weighted by molar-refractivity contribution is 6.00. The van der Waals surface area contributed by atoms with Crippen molar-refractivity contribution < 1.29 is 14.5 Å². The van der Waals surface area contributed by atoms with Crippen molar-refractivity contribution in [2.45, 2.75) is 25.7 Å². The van der Waals surface area contributed by atoms with Gasteiger partial charge in [0.05, 0.1) is 11.3 Å². The molecule has 1 amide bonds. The van der Waals surface area contributed by atoms with Gasteiger partial charge in [0.15, 0.2) is 5.78 Å². The minimum Gasteiger partial charge on any atom is -0.340 e. The number of carbonyl (C=O) groups is 2. The molecule has 2 aliphatic rings. The third kappa shape index (κ3) is 4.57. The first-order chi connectivity index (χ1) is 14.5. The standard InChI is InChI=1S/C23H25N3O4/c27-22-8-4-19-15-18(3-7-21(19)22)16-23(28)25-13-11-24(12-14-25)10-9-17-1-5-20(6-2-17)26(29)30/h1-3,5-7,15H,4,8-14,16H2. The van der Waals surface area contributed by atoms with Crippen molar-refractivity contribution in [1.82, 2.24) is 9.80 Å². The van der Waals surface area contributed by atoms with Gasteiger partial charge < -0.3 is 4.90 Å². The van der Waals surface area contributed by atoms with E-state index in [-0.39, 0.29) is 22.3 Å². The minimum absolute atomic E-state index is 0.112. The fourth-order valence-electron chi connectivity index (χ4n) is 4.20. The lowest BCUT2D eigenvalue weighted by molar-refractivity contribution is -0.384. The van der Waals surface area contributed by atoms with E-state index in [4.69, 9.17) is 0 Å². The number of non-ortho nitro benzene ring substituents is 1. The molecule has 1 fully saturated rings. The second-order valence-electron chi connectivity index (χ2n) is 7.99. The van der Waals surface area contributed by atoms with E-state index >= 15 is 0 Å². The molecule has 156 valence electrons. The highest BCUT2D eigenvalue weighted by atomic mass is 16.6. The summed E-state index contributed by atoms with van der Waals surface area (Å²) in [4.78, 5) is 39.0. The Balaban J connectivity index is 1.23. The number of nitrogens with zero attached hydrogens (tertiary/aromatic N) is 3. The Morgan fingerprint density at radius 3 is 2.37 bits per heavy atom. The maximum absolute atomic E-state index is 12.7. The largest absolute Gasteiger partial charge is 0.340 e. The summed E-state index contributed by atoms with van der Waals surface area (Å²) in [6.45, 7) is 3.96. The van der Waals surface area contributed by atoms with Crippen LogP contribution in [0.1, 0.15) is 33.5 Å². The summed E-state index contributed by atoms with van der Waals surface area (Å²) in [6, 6.07) is 12.5. The number of fused-ring (bicyclic) bond motifs is 1. The van der Waals surface area contributed by atoms with E-state index in [0.29, 0.717) is 25.9 Å². The number of ketones is 1. The minimum atomic E-state index is -0.387. The van der Waals surface area contributed by atoms with E-state index in [1.54, 1.807) is 12.1 Å². The molecule has 0 unspecified atom stereocenters. The summed E-state index contributed by atoms with van der Waals surface area (Å²) in [5.74, 6) is 0.335. The molecular formula is C23H25N3O4. The average molecular weight is 407 g/mol. The van der Waals surface area contributed by atoms with Crippen molar-refractivity contribution in [2.24, 2.45) is 0 Å². The van der Waals surface area contributed by atoms with Gasteiger partial charge in [0.2, 0.25) is 5.91 Å². The molecule has 1 saturated heterocycles.